The first-order valence-corrected chi connectivity index (χ1v) is 5.58. The number of benzene rings is 1. The van der Waals surface area contributed by atoms with E-state index in [1.54, 1.807) is 24.3 Å². The van der Waals surface area contributed by atoms with E-state index < -0.39 is 0 Å². The van der Waals surface area contributed by atoms with Crippen molar-refractivity contribution in [1.29, 1.82) is 0 Å². The van der Waals surface area contributed by atoms with Gasteiger partial charge < -0.3 is 16.4 Å². The average molecular weight is 233 g/mol. The minimum absolute atomic E-state index is 0.00410. The van der Waals surface area contributed by atoms with Crippen LogP contribution in [0.4, 0.5) is 5.69 Å². The Hall–Kier alpha value is -2.04. The lowest BCUT2D eigenvalue weighted by atomic mass is 10.2. The molecule has 0 unspecified atom stereocenters. The van der Waals surface area contributed by atoms with Crippen LogP contribution in [0, 0.1) is 0 Å². The van der Waals surface area contributed by atoms with Gasteiger partial charge in [-0.2, -0.15) is 0 Å². The van der Waals surface area contributed by atoms with Gasteiger partial charge in [-0.1, -0.05) is 6.07 Å². The summed E-state index contributed by atoms with van der Waals surface area (Å²) < 4.78 is 0. The van der Waals surface area contributed by atoms with Gasteiger partial charge in [0.15, 0.2) is 0 Å². The van der Waals surface area contributed by atoms with Gasteiger partial charge in [-0.15, -0.1) is 0 Å². The fraction of sp³-hybridized carbons (Fsp3) is 0.333. The summed E-state index contributed by atoms with van der Waals surface area (Å²) in [6, 6.07) is 6.95. The molecule has 4 N–H and O–H groups in total. The molecule has 0 spiro atoms. The molecule has 1 aromatic carbocycles. The fourth-order valence-electron chi connectivity index (χ4n) is 1.45. The van der Waals surface area contributed by atoms with Crippen molar-refractivity contribution in [3.05, 3.63) is 29.8 Å². The van der Waals surface area contributed by atoms with Crippen LogP contribution in [0.25, 0.3) is 0 Å². The molecule has 0 saturated heterocycles. The van der Waals surface area contributed by atoms with Crippen molar-refractivity contribution < 1.29 is 9.59 Å². The first-order chi connectivity index (χ1) is 8.15. The van der Waals surface area contributed by atoms with Crippen LogP contribution in [-0.4, -0.2) is 24.4 Å². The molecular formula is C12H15N3O2. The van der Waals surface area contributed by atoms with Crippen LogP contribution in [0.1, 0.15) is 23.2 Å². The molecule has 0 aliphatic heterocycles. The first kappa shape index (κ1) is 11.4. The molecule has 17 heavy (non-hydrogen) atoms. The summed E-state index contributed by atoms with van der Waals surface area (Å²) in [4.78, 5) is 23.0. The Bertz CT molecular complexity index is 441. The smallest absolute Gasteiger partial charge is 0.251 e. The van der Waals surface area contributed by atoms with Crippen molar-refractivity contribution in [1.82, 2.24) is 10.6 Å². The molecule has 0 aromatic heterocycles. The quantitative estimate of drug-likeness (QED) is 0.653. The van der Waals surface area contributed by atoms with Crippen LogP contribution in [0.15, 0.2) is 24.3 Å². The molecule has 1 aliphatic rings. The maximum atomic E-state index is 11.7. The lowest BCUT2D eigenvalue weighted by molar-refractivity contribution is -0.120. The maximum absolute atomic E-state index is 11.7. The van der Waals surface area contributed by atoms with E-state index in [-0.39, 0.29) is 18.4 Å². The van der Waals surface area contributed by atoms with Crippen molar-refractivity contribution in [3.63, 3.8) is 0 Å². The topological polar surface area (TPSA) is 84.2 Å². The second kappa shape index (κ2) is 4.86. The van der Waals surface area contributed by atoms with Gasteiger partial charge in [-0.05, 0) is 31.0 Å². The van der Waals surface area contributed by atoms with E-state index in [4.69, 9.17) is 5.73 Å². The van der Waals surface area contributed by atoms with Crippen LogP contribution < -0.4 is 16.4 Å². The Morgan fingerprint density at radius 1 is 1.35 bits per heavy atom. The molecule has 5 heteroatoms. The van der Waals surface area contributed by atoms with Crippen molar-refractivity contribution in [3.8, 4) is 0 Å². The van der Waals surface area contributed by atoms with Gasteiger partial charge in [-0.25, -0.2) is 0 Å². The maximum Gasteiger partial charge on any atom is 0.251 e. The fourth-order valence-corrected chi connectivity index (χ4v) is 1.45. The normalized spacial score (nSPS) is 14.1. The summed E-state index contributed by atoms with van der Waals surface area (Å²) in [6.07, 6.45) is 2.07. The lowest BCUT2D eigenvalue weighted by Crippen LogP contribution is -2.37. The van der Waals surface area contributed by atoms with Crippen LogP contribution in [0.5, 0.6) is 0 Å². The number of carbonyl (C=O) groups excluding carboxylic acids is 2. The number of amides is 2. The molecule has 1 aromatic rings. The second-order valence-electron chi connectivity index (χ2n) is 4.15. The summed E-state index contributed by atoms with van der Waals surface area (Å²) in [5.41, 5.74) is 6.56. The van der Waals surface area contributed by atoms with E-state index in [9.17, 15) is 9.59 Å². The first-order valence-electron chi connectivity index (χ1n) is 5.58. The predicted molar refractivity (Wildman–Crippen MR) is 64.4 cm³/mol. The molecule has 1 fully saturated rings. The summed E-state index contributed by atoms with van der Waals surface area (Å²) in [6.45, 7) is 0.00410. The highest BCUT2D eigenvalue weighted by atomic mass is 16.2. The Kier molecular flexibility index (Phi) is 3.27. The highest BCUT2D eigenvalue weighted by Gasteiger charge is 2.23. The minimum atomic E-state index is -0.289. The van der Waals surface area contributed by atoms with Gasteiger partial charge >= 0.3 is 0 Å². The molecule has 5 nitrogen and oxygen atoms in total. The minimum Gasteiger partial charge on any atom is -0.399 e. The number of nitrogens with two attached hydrogens (primary N) is 1. The molecule has 90 valence electrons. The van der Waals surface area contributed by atoms with Crippen LogP contribution >= 0.6 is 0 Å². The third kappa shape index (κ3) is 3.48. The lowest BCUT2D eigenvalue weighted by Gasteiger charge is -2.06. The number of hydrogen-bond acceptors (Lipinski definition) is 3. The number of nitrogen functional groups attached to an aromatic ring is 1. The van der Waals surface area contributed by atoms with E-state index in [2.05, 4.69) is 10.6 Å². The molecule has 0 radical (unpaired) electrons. The van der Waals surface area contributed by atoms with Crippen LogP contribution in [-0.2, 0) is 4.79 Å². The third-order valence-electron chi connectivity index (χ3n) is 2.50. The van der Waals surface area contributed by atoms with E-state index in [1.807, 2.05) is 0 Å². The molecular weight excluding hydrogens is 218 g/mol. The number of hydrogen-bond donors (Lipinski definition) is 3. The van der Waals surface area contributed by atoms with E-state index in [0.29, 0.717) is 17.3 Å². The molecule has 2 amide bonds. The van der Waals surface area contributed by atoms with Crippen molar-refractivity contribution in [2.45, 2.75) is 18.9 Å². The summed E-state index contributed by atoms with van der Waals surface area (Å²) in [5.74, 6) is -0.437. The van der Waals surface area contributed by atoms with E-state index >= 15 is 0 Å². The largest absolute Gasteiger partial charge is 0.399 e. The zero-order valence-corrected chi connectivity index (χ0v) is 9.40. The molecule has 1 saturated carbocycles. The highest BCUT2D eigenvalue weighted by Crippen LogP contribution is 2.18. The Balaban J connectivity index is 1.82. The summed E-state index contributed by atoms with van der Waals surface area (Å²) >= 11 is 0. The van der Waals surface area contributed by atoms with Gasteiger partial charge in [0.05, 0.1) is 6.54 Å². The predicted octanol–water partition coefficient (Wildman–Crippen LogP) is 0.277. The third-order valence-corrected chi connectivity index (χ3v) is 2.50. The van der Waals surface area contributed by atoms with Crippen LogP contribution in [0.2, 0.25) is 0 Å². The zero-order chi connectivity index (χ0) is 12.3. The zero-order valence-electron chi connectivity index (χ0n) is 9.40. The number of nitrogens with one attached hydrogen (secondary N) is 2. The van der Waals surface area contributed by atoms with Crippen molar-refractivity contribution in [2.75, 3.05) is 12.3 Å². The molecule has 0 heterocycles. The number of rotatable bonds is 4. The SMILES string of the molecule is Nc1cccc(C(=O)NCC(=O)NC2CC2)c1. The number of anilines is 1. The Morgan fingerprint density at radius 3 is 2.76 bits per heavy atom. The van der Waals surface area contributed by atoms with Crippen molar-refractivity contribution >= 4 is 17.5 Å². The van der Waals surface area contributed by atoms with Gasteiger partial charge in [-0.3, -0.25) is 9.59 Å². The van der Waals surface area contributed by atoms with E-state index in [0.717, 1.165) is 12.8 Å². The Labute approximate surface area is 99.4 Å². The van der Waals surface area contributed by atoms with Gasteiger partial charge in [0, 0.05) is 17.3 Å². The van der Waals surface area contributed by atoms with Gasteiger partial charge in [0.25, 0.3) is 5.91 Å². The Morgan fingerprint density at radius 2 is 2.12 bits per heavy atom. The summed E-state index contributed by atoms with van der Waals surface area (Å²) in [7, 11) is 0. The van der Waals surface area contributed by atoms with Gasteiger partial charge in [0.1, 0.15) is 0 Å². The monoisotopic (exact) mass is 233 g/mol. The summed E-state index contributed by atoms with van der Waals surface area (Å²) in [5, 5.41) is 5.35. The average Bonchev–Trinajstić information content (AvgIpc) is 3.10. The molecule has 0 atom stereocenters. The second-order valence-corrected chi connectivity index (χ2v) is 4.15. The highest BCUT2D eigenvalue weighted by molar-refractivity contribution is 5.97. The molecule has 1 aliphatic carbocycles. The molecule has 0 bridgehead atoms. The van der Waals surface area contributed by atoms with Gasteiger partial charge in [0.2, 0.25) is 5.91 Å². The van der Waals surface area contributed by atoms with E-state index in [1.165, 1.54) is 0 Å². The standard InChI is InChI=1S/C12H15N3O2/c13-9-3-1-2-8(6-9)12(17)14-7-11(16)15-10-4-5-10/h1-3,6,10H,4-5,7,13H2,(H,14,17)(H,15,16). The number of carbonyl (C=O) groups is 2. The van der Waals surface area contributed by atoms with Crippen LogP contribution in [0.3, 0.4) is 0 Å². The molecule has 2 rings (SSSR count). The van der Waals surface area contributed by atoms with Crippen molar-refractivity contribution in [2.24, 2.45) is 0 Å².